The SMILES string of the molecule is COc1ccc(NCC(=O)N/N=C/c2ccccc2OC(F)F)cc1. The minimum Gasteiger partial charge on any atom is -0.497 e. The van der Waals surface area contributed by atoms with Crippen LogP contribution >= 0.6 is 0 Å². The van der Waals surface area contributed by atoms with Crippen LogP contribution < -0.4 is 20.2 Å². The zero-order valence-electron chi connectivity index (χ0n) is 13.4. The van der Waals surface area contributed by atoms with Gasteiger partial charge in [0.15, 0.2) is 0 Å². The lowest BCUT2D eigenvalue weighted by atomic mass is 10.2. The molecule has 0 saturated heterocycles. The summed E-state index contributed by atoms with van der Waals surface area (Å²) in [6, 6.07) is 13.2. The van der Waals surface area contributed by atoms with Crippen molar-refractivity contribution in [1.82, 2.24) is 5.43 Å². The van der Waals surface area contributed by atoms with Gasteiger partial charge in [0, 0.05) is 11.3 Å². The van der Waals surface area contributed by atoms with E-state index in [1.165, 1.54) is 12.3 Å². The van der Waals surface area contributed by atoms with Crippen molar-refractivity contribution < 1.29 is 23.0 Å². The average molecular weight is 349 g/mol. The largest absolute Gasteiger partial charge is 0.497 e. The number of carbonyl (C=O) groups excluding carboxylic acids is 1. The van der Waals surface area contributed by atoms with E-state index in [1.807, 2.05) is 0 Å². The standard InChI is InChI=1S/C17H17F2N3O3/c1-24-14-8-6-13(7-9-14)20-11-16(23)22-21-10-12-4-2-3-5-15(12)25-17(18)19/h2-10,17,20H,11H2,1H3,(H,22,23)/b21-10+. The second-order valence-electron chi connectivity index (χ2n) is 4.79. The molecule has 0 heterocycles. The summed E-state index contributed by atoms with van der Waals surface area (Å²) in [4.78, 5) is 11.7. The van der Waals surface area contributed by atoms with Crippen molar-refractivity contribution in [2.75, 3.05) is 19.0 Å². The molecule has 0 radical (unpaired) electrons. The number of nitrogens with zero attached hydrogens (tertiary/aromatic N) is 1. The molecule has 0 spiro atoms. The highest BCUT2D eigenvalue weighted by atomic mass is 19.3. The predicted molar refractivity (Wildman–Crippen MR) is 90.3 cm³/mol. The first kappa shape index (κ1) is 18.2. The Morgan fingerprint density at radius 2 is 1.92 bits per heavy atom. The van der Waals surface area contributed by atoms with Gasteiger partial charge < -0.3 is 14.8 Å². The van der Waals surface area contributed by atoms with Crippen molar-refractivity contribution in [3.8, 4) is 11.5 Å². The van der Waals surface area contributed by atoms with Gasteiger partial charge in [-0.2, -0.15) is 13.9 Å². The third-order valence-electron chi connectivity index (χ3n) is 3.07. The number of methoxy groups -OCH3 is 1. The molecule has 8 heteroatoms. The summed E-state index contributed by atoms with van der Waals surface area (Å²) in [6.07, 6.45) is 1.24. The average Bonchev–Trinajstić information content (AvgIpc) is 2.61. The first-order chi connectivity index (χ1) is 12.1. The van der Waals surface area contributed by atoms with Crippen LogP contribution in [0.1, 0.15) is 5.56 Å². The number of carbonyl (C=O) groups is 1. The molecule has 2 aromatic rings. The fourth-order valence-corrected chi connectivity index (χ4v) is 1.90. The van der Waals surface area contributed by atoms with Crippen molar-refractivity contribution in [1.29, 1.82) is 0 Å². The lowest BCUT2D eigenvalue weighted by molar-refractivity contribution is -0.119. The Balaban J connectivity index is 1.84. The number of rotatable bonds is 8. The van der Waals surface area contributed by atoms with Crippen LogP contribution in [0, 0.1) is 0 Å². The first-order valence-corrected chi connectivity index (χ1v) is 7.32. The van der Waals surface area contributed by atoms with Crippen LogP contribution in [0.25, 0.3) is 0 Å². The Morgan fingerprint density at radius 3 is 2.60 bits per heavy atom. The molecular weight excluding hydrogens is 332 g/mol. The predicted octanol–water partition coefficient (Wildman–Crippen LogP) is 2.86. The fraction of sp³-hybridized carbons (Fsp3) is 0.176. The van der Waals surface area contributed by atoms with Crippen molar-refractivity contribution in [2.24, 2.45) is 5.10 Å². The molecule has 0 aliphatic carbocycles. The van der Waals surface area contributed by atoms with E-state index in [4.69, 9.17) is 4.74 Å². The Morgan fingerprint density at radius 1 is 1.20 bits per heavy atom. The van der Waals surface area contributed by atoms with Crippen LogP contribution in [0.4, 0.5) is 14.5 Å². The van der Waals surface area contributed by atoms with Gasteiger partial charge in [-0.1, -0.05) is 12.1 Å². The Labute approximate surface area is 143 Å². The van der Waals surface area contributed by atoms with E-state index in [9.17, 15) is 13.6 Å². The van der Waals surface area contributed by atoms with Gasteiger partial charge in [-0.05, 0) is 36.4 Å². The lowest BCUT2D eigenvalue weighted by Gasteiger charge is -2.07. The van der Waals surface area contributed by atoms with Crippen LogP contribution in [0.15, 0.2) is 53.6 Å². The monoisotopic (exact) mass is 349 g/mol. The second kappa shape index (κ2) is 9.21. The molecule has 0 aliphatic rings. The first-order valence-electron chi connectivity index (χ1n) is 7.32. The number of amides is 1. The van der Waals surface area contributed by atoms with Crippen molar-refractivity contribution in [3.05, 3.63) is 54.1 Å². The van der Waals surface area contributed by atoms with Crippen LogP contribution in [0.5, 0.6) is 11.5 Å². The highest BCUT2D eigenvalue weighted by Gasteiger charge is 2.07. The zero-order valence-corrected chi connectivity index (χ0v) is 13.4. The number of benzene rings is 2. The second-order valence-corrected chi connectivity index (χ2v) is 4.79. The van der Waals surface area contributed by atoms with Gasteiger partial charge in [0.25, 0.3) is 5.91 Å². The molecule has 2 rings (SSSR count). The van der Waals surface area contributed by atoms with E-state index >= 15 is 0 Å². The number of halogens is 2. The normalized spacial score (nSPS) is 10.7. The van der Waals surface area contributed by atoms with Gasteiger partial charge in [0.05, 0.1) is 19.9 Å². The number of ether oxygens (including phenoxy) is 2. The molecule has 132 valence electrons. The van der Waals surface area contributed by atoms with Gasteiger partial charge in [0.1, 0.15) is 11.5 Å². The summed E-state index contributed by atoms with van der Waals surface area (Å²) in [5, 5.41) is 6.66. The van der Waals surface area contributed by atoms with E-state index in [-0.39, 0.29) is 18.2 Å². The van der Waals surface area contributed by atoms with Crippen LogP contribution in [-0.2, 0) is 4.79 Å². The molecule has 2 aromatic carbocycles. The van der Waals surface area contributed by atoms with E-state index in [0.717, 1.165) is 5.69 Å². The molecule has 0 aliphatic heterocycles. The molecule has 0 atom stereocenters. The number of alkyl halides is 2. The zero-order chi connectivity index (χ0) is 18.1. The Hall–Kier alpha value is -3.16. The maximum absolute atomic E-state index is 12.3. The summed E-state index contributed by atoms with van der Waals surface area (Å²) in [5.74, 6) is 0.301. The number of hydrogen-bond acceptors (Lipinski definition) is 5. The molecule has 25 heavy (non-hydrogen) atoms. The smallest absolute Gasteiger partial charge is 0.387 e. The van der Waals surface area contributed by atoms with E-state index in [0.29, 0.717) is 11.3 Å². The molecule has 6 nitrogen and oxygen atoms in total. The van der Waals surface area contributed by atoms with Crippen molar-refractivity contribution in [3.63, 3.8) is 0 Å². The van der Waals surface area contributed by atoms with Gasteiger partial charge in [0.2, 0.25) is 0 Å². The van der Waals surface area contributed by atoms with E-state index in [2.05, 4.69) is 20.6 Å². The summed E-state index contributed by atoms with van der Waals surface area (Å²) >= 11 is 0. The molecule has 2 N–H and O–H groups in total. The molecule has 0 aromatic heterocycles. The summed E-state index contributed by atoms with van der Waals surface area (Å²) in [5.41, 5.74) is 3.38. The third kappa shape index (κ3) is 6.09. The third-order valence-corrected chi connectivity index (χ3v) is 3.07. The number of nitrogens with one attached hydrogen (secondary N) is 2. The number of para-hydroxylation sites is 1. The maximum Gasteiger partial charge on any atom is 0.387 e. The van der Waals surface area contributed by atoms with E-state index < -0.39 is 6.61 Å². The molecule has 0 saturated carbocycles. The lowest BCUT2D eigenvalue weighted by Crippen LogP contribution is -2.25. The molecular formula is C17H17F2N3O3. The summed E-state index contributed by atoms with van der Waals surface area (Å²) < 4.78 is 34.0. The molecule has 0 unspecified atom stereocenters. The van der Waals surface area contributed by atoms with Crippen LogP contribution in [0.3, 0.4) is 0 Å². The topological polar surface area (TPSA) is 72.0 Å². The number of anilines is 1. The van der Waals surface area contributed by atoms with Crippen molar-refractivity contribution >= 4 is 17.8 Å². The number of hydrogen-bond donors (Lipinski definition) is 2. The molecule has 1 amide bonds. The summed E-state index contributed by atoms with van der Waals surface area (Å²) in [6.45, 7) is -2.93. The highest BCUT2D eigenvalue weighted by Crippen LogP contribution is 2.18. The van der Waals surface area contributed by atoms with Crippen LogP contribution in [0.2, 0.25) is 0 Å². The van der Waals surface area contributed by atoms with Crippen LogP contribution in [-0.4, -0.2) is 32.4 Å². The fourth-order valence-electron chi connectivity index (χ4n) is 1.90. The maximum atomic E-state index is 12.3. The highest BCUT2D eigenvalue weighted by molar-refractivity contribution is 5.86. The summed E-state index contributed by atoms with van der Waals surface area (Å²) in [7, 11) is 1.57. The Bertz CT molecular complexity index is 721. The molecule has 0 bridgehead atoms. The van der Waals surface area contributed by atoms with Gasteiger partial charge in [-0.15, -0.1) is 0 Å². The number of hydrazone groups is 1. The van der Waals surface area contributed by atoms with Gasteiger partial charge >= 0.3 is 6.61 Å². The van der Waals surface area contributed by atoms with E-state index in [1.54, 1.807) is 49.6 Å². The Kier molecular flexibility index (Phi) is 6.70. The minimum absolute atomic E-state index is 0.00114. The molecule has 0 fully saturated rings. The van der Waals surface area contributed by atoms with Crippen molar-refractivity contribution in [2.45, 2.75) is 6.61 Å². The van der Waals surface area contributed by atoms with Gasteiger partial charge in [-0.25, -0.2) is 5.43 Å². The van der Waals surface area contributed by atoms with Gasteiger partial charge in [-0.3, -0.25) is 4.79 Å². The minimum atomic E-state index is -2.93. The quantitative estimate of drug-likeness (QED) is 0.568.